The lowest BCUT2D eigenvalue weighted by molar-refractivity contribution is 0.306. The van der Waals surface area contributed by atoms with Gasteiger partial charge in [-0.1, -0.05) is 29.8 Å². The van der Waals surface area contributed by atoms with Gasteiger partial charge in [-0.05, 0) is 85.3 Å². The molecule has 1 aliphatic rings. The summed E-state index contributed by atoms with van der Waals surface area (Å²) in [7, 11) is -3.46. The van der Waals surface area contributed by atoms with Crippen molar-refractivity contribution in [2.24, 2.45) is 4.99 Å². The van der Waals surface area contributed by atoms with Crippen molar-refractivity contribution >= 4 is 38.6 Å². The maximum absolute atomic E-state index is 13.5. The Kier molecular flexibility index (Phi) is 9.34. The Labute approximate surface area is 271 Å². The van der Waals surface area contributed by atoms with Crippen LogP contribution in [0.3, 0.4) is 0 Å². The highest BCUT2D eigenvalue weighted by atomic mass is 35.5. The first-order chi connectivity index (χ1) is 22.2. The summed E-state index contributed by atoms with van der Waals surface area (Å²) in [6, 6.07) is 26.1. The molecular weight excluding hydrogens is 629 g/mol. The van der Waals surface area contributed by atoms with Crippen LogP contribution in [0.5, 0.6) is 5.75 Å². The molecule has 5 aromatic rings. The van der Waals surface area contributed by atoms with E-state index in [1.165, 1.54) is 24.4 Å². The normalized spacial score (nSPS) is 14.2. The van der Waals surface area contributed by atoms with Crippen LogP contribution in [-0.2, 0) is 23.0 Å². The lowest BCUT2D eigenvalue weighted by Gasteiger charge is -2.24. The minimum atomic E-state index is -3.46. The number of amidine groups is 1. The Bertz CT molecular complexity index is 1980. The molecule has 0 aliphatic carbocycles. The molecule has 0 saturated carbocycles. The Morgan fingerprint density at radius 2 is 1.91 bits per heavy atom. The Morgan fingerprint density at radius 1 is 1.02 bits per heavy atom. The molecule has 1 aliphatic heterocycles. The molecule has 1 atom stereocenters. The van der Waals surface area contributed by atoms with E-state index in [4.69, 9.17) is 25.7 Å². The van der Waals surface area contributed by atoms with Crippen LogP contribution in [-0.4, -0.2) is 37.7 Å². The van der Waals surface area contributed by atoms with Crippen LogP contribution < -0.4 is 20.7 Å². The second kappa shape index (κ2) is 13.7. The molecule has 12 heteroatoms. The largest absolute Gasteiger partial charge is 0.487 e. The van der Waals surface area contributed by atoms with Crippen molar-refractivity contribution in [3.05, 3.63) is 125 Å². The summed E-state index contributed by atoms with van der Waals surface area (Å²) in [4.78, 5) is 8.72. The average Bonchev–Trinajstić information content (AvgIpc) is 3.52. The number of fused-ring (bicyclic) bond motifs is 1. The van der Waals surface area contributed by atoms with Crippen molar-refractivity contribution in [3.8, 4) is 17.1 Å². The maximum atomic E-state index is 13.5. The van der Waals surface area contributed by atoms with Crippen LogP contribution in [0.2, 0.25) is 5.02 Å². The average molecular weight is 660 g/mol. The van der Waals surface area contributed by atoms with E-state index in [0.29, 0.717) is 40.2 Å². The maximum Gasteiger partial charge on any atom is 0.196 e. The lowest BCUT2D eigenvalue weighted by Crippen LogP contribution is -2.27. The number of furan rings is 1. The van der Waals surface area contributed by atoms with Crippen LogP contribution in [0.25, 0.3) is 11.3 Å². The Hall–Kier alpha value is -4.71. The summed E-state index contributed by atoms with van der Waals surface area (Å²) < 4.78 is 50.3. The van der Waals surface area contributed by atoms with Crippen molar-refractivity contribution in [1.29, 1.82) is 0 Å². The first-order valence-electron chi connectivity index (χ1n) is 14.6. The molecule has 0 bridgehead atoms. The summed E-state index contributed by atoms with van der Waals surface area (Å²) in [6.07, 6.45) is 1.31. The first kappa shape index (κ1) is 31.3. The van der Waals surface area contributed by atoms with E-state index in [2.05, 4.69) is 20.9 Å². The molecule has 6 rings (SSSR count). The fraction of sp³-hybridized carbons (Fsp3) is 0.176. The number of ether oxygens (including phenoxy) is 1. The minimum Gasteiger partial charge on any atom is -0.487 e. The number of hydrogen-bond donors (Lipinski definition) is 3. The number of hydrogen-bond acceptors (Lipinski definition) is 9. The smallest absolute Gasteiger partial charge is 0.196 e. The van der Waals surface area contributed by atoms with E-state index in [0.717, 1.165) is 22.5 Å². The van der Waals surface area contributed by atoms with Gasteiger partial charge in [0.15, 0.2) is 14.9 Å². The third-order valence-corrected chi connectivity index (χ3v) is 9.10. The van der Waals surface area contributed by atoms with E-state index in [1.54, 1.807) is 36.4 Å². The van der Waals surface area contributed by atoms with Gasteiger partial charge in [0.05, 0.1) is 17.3 Å². The van der Waals surface area contributed by atoms with Crippen molar-refractivity contribution in [3.63, 3.8) is 0 Å². The molecule has 236 valence electrons. The highest BCUT2D eigenvalue weighted by Crippen LogP contribution is 2.32. The number of anilines is 2. The van der Waals surface area contributed by atoms with Crippen LogP contribution in [0.4, 0.5) is 15.8 Å². The molecule has 0 spiro atoms. The standard InChI is InChI=1S/C34H31ClFN5O4S/c1-22-39-30-11-8-24(31-13-10-27(45-31)20-37-15-16-46(42,43)33-7-2-3-14-38-33)18-28(30)34(40-22)41-26-9-12-32(29(35)19-26)44-21-23-5-4-6-25(36)17-23/h2-14,17-19,22,37,39H,15-16,20-21H2,1H3,(H,40,41). The second-order valence-electron chi connectivity index (χ2n) is 10.7. The van der Waals surface area contributed by atoms with Gasteiger partial charge in [0.1, 0.15) is 41.7 Å². The Morgan fingerprint density at radius 3 is 2.72 bits per heavy atom. The van der Waals surface area contributed by atoms with Crippen LogP contribution in [0.15, 0.2) is 112 Å². The van der Waals surface area contributed by atoms with Crippen molar-refractivity contribution in [2.75, 3.05) is 22.9 Å². The SMILES string of the molecule is CC1N=C(Nc2ccc(OCc3cccc(F)c3)c(Cl)c2)c2cc(-c3ccc(CNCCS(=O)(=O)c4ccccn4)o3)ccc2N1. The number of pyridine rings is 1. The fourth-order valence-electron chi connectivity index (χ4n) is 4.94. The summed E-state index contributed by atoms with van der Waals surface area (Å²) in [6.45, 7) is 2.78. The van der Waals surface area contributed by atoms with Gasteiger partial charge in [0, 0.05) is 35.2 Å². The third kappa shape index (κ3) is 7.56. The summed E-state index contributed by atoms with van der Waals surface area (Å²) in [5.41, 5.74) is 4.05. The van der Waals surface area contributed by atoms with Gasteiger partial charge >= 0.3 is 0 Å². The molecule has 0 radical (unpaired) electrons. The first-order valence-corrected chi connectivity index (χ1v) is 16.6. The molecule has 1 unspecified atom stereocenters. The van der Waals surface area contributed by atoms with Crippen molar-refractivity contribution in [1.82, 2.24) is 10.3 Å². The van der Waals surface area contributed by atoms with Gasteiger partial charge in [-0.2, -0.15) is 0 Å². The van der Waals surface area contributed by atoms with E-state index < -0.39 is 9.84 Å². The quantitative estimate of drug-likeness (QED) is 0.131. The topological polar surface area (TPSA) is 118 Å². The number of rotatable bonds is 11. The molecule has 46 heavy (non-hydrogen) atoms. The minimum absolute atomic E-state index is 0.0672. The van der Waals surface area contributed by atoms with E-state index in [9.17, 15) is 12.8 Å². The van der Waals surface area contributed by atoms with Crippen LogP contribution >= 0.6 is 11.6 Å². The van der Waals surface area contributed by atoms with Gasteiger partial charge in [0.2, 0.25) is 0 Å². The monoisotopic (exact) mass is 659 g/mol. The van der Waals surface area contributed by atoms with Gasteiger partial charge < -0.3 is 25.1 Å². The second-order valence-corrected chi connectivity index (χ2v) is 13.1. The van der Waals surface area contributed by atoms with E-state index >= 15 is 0 Å². The summed E-state index contributed by atoms with van der Waals surface area (Å²) >= 11 is 6.54. The van der Waals surface area contributed by atoms with Crippen molar-refractivity contribution in [2.45, 2.75) is 31.3 Å². The van der Waals surface area contributed by atoms with Gasteiger partial charge in [-0.15, -0.1) is 0 Å². The third-order valence-electron chi connectivity index (χ3n) is 7.19. The number of sulfone groups is 1. The predicted molar refractivity (Wildman–Crippen MR) is 178 cm³/mol. The van der Waals surface area contributed by atoms with Crippen LogP contribution in [0.1, 0.15) is 23.8 Å². The molecule has 3 aromatic carbocycles. The van der Waals surface area contributed by atoms with Gasteiger partial charge in [-0.25, -0.2) is 22.8 Å². The van der Waals surface area contributed by atoms with E-state index in [1.807, 2.05) is 43.3 Å². The van der Waals surface area contributed by atoms with E-state index in [-0.39, 0.29) is 35.9 Å². The molecule has 3 N–H and O–H groups in total. The van der Waals surface area contributed by atoms with Gasteiger partial charge in [-0.3, -0.25) is 0 Å². The molecular formula is C34H31ClFN5O4S. The summed E-state index contributed by atoms with van der Waals surface area (Å²) in [5.74, 6) is 2.10. The number of halogens is 2. The zero-order valence-electron chi connectivity index (χ0n) is 24.8. The molecule has 0 saturated heterocycles. The van der Waals surface area contributed by atoms with Gasteiger partial charge in [0.25, 0.3) is 0 Å². The number of aliphatic imine (C=N–C) groups is 1. The predicted octanol–water partition coefficient (Wildman–Crippen LogP) is 6.91. The molecule has 9 nitrogen and oxygen atoms in total. The fourth-order valence-corrected chi connectivity index (χ4v) is 6.31. The Balaban J connectivity index is 1.10. The highest BCUT2D eigenvalue weighted by molar-refractivity contribution is 7.91. The zero-order chi connectivity index (χ0) is 32.1. The zero-order valence-corrected chi connectivity index (χ0v) is 26.4. The molecule has 0 amide bonds. The summed E-state index contributed by atoms with van der Waals surface area (Å²) in [5, 5.41) is 10.4. The van der Waals surface area contributed by atoms with Crippen molar-refractivity contribution < 1.29 is 22.0 Å². The number of nitrogens with zero attached hydrogens (tertiary/aromatic N) is 2. The molecule has 3 heterocycles. The number of nitrogens with one attached hydrogen (secondary N) is 3. The number of benzene rings is 3. The molecule has 2 aromatic heterocycles. The number of aromatic nitrogens is 1. The molecule has 0 fully saturated rings. The highest BCUT2D eigenvalue weighted by Gasteiger charge is 2.20. The van der Waals surface area contributed by atoms with Crippen LogP contribution in [0, 0.1) is 5.82 Å². The lowest BCUT2D eigenvalue weighted by atomic mass is 10.0.